The predicted octanol–water partition coefficient (Wildman–Crippen LogP) is 1.86. The molecule has 10 heteroatoms. The molecule has 4 nitrogen and oxygen atoms in total. The number of hydrogen-bond donors (Lipinski definition) is 1. The van der Waals surface area contributed by atoms with Gasteiger partial charge in [0.05, 0.1) is 10.5 Å². The van der Waals surface area contributed by atoms with Crippen molar-refractivity contribution in [1.29, 1.82) is 0 Å². The van der Waals surface area contributed by atoms with Crippen LogP contribution in [-0.4, -0.2) is 38.9 Å². The van der Waals surface area contributed by atoms with E-state index in [1.54, 1.807) is 0 Å². The van der Waals surface area contributed by atoms with Crippen molar-refractivity contribution >= 4 is 22.4 Å². The monoisotopic (exact) mass is 348 g/mol. The number of nitrogens with one attached hydrogen (secondary N) is 1. The van der Waals surface area contributed by atoms with E-state index >= 15 is 0 Å². The summed E-state index contributed by atoms with van der Waals surface area (Å²) in [6.45, 7) is 0.886. The van der Waals surface area contributed by atoms with Crippen molar-refractivity contribution in [3.05, 3.63) is 29.6 Å². The first-order chi connectivity index (χ1) is 9.23. The molecule has 0 saturated carbocycles. The standard InChI is InChI=1S/C11H12F4N2O2S.ClH/c12-8-1-2-10(9(7-8)11(13,14)15)20(18,19)17-5-3-16-4-6-17;/h1-2,7,16H,3-6H2;1H. The van der Waals surface area contributed by atoms with Gasteiger partial charge in [-0.25, -0.2) is 12.8 Å². The second kappa shape index (κ2) is 6.47. The van der Waals surface area contributed by atoms with Gasteiger partial charge in [-0.15, -0.1) is 12.4 Å². The van der Waals surface area contributed by atoms with Crippen LogP contribution in [0.15, 0.2) is 23.1 Å². The minimum Gasteiger partial charge on any atom is -0.314 e. The van der Waals surface area contributed by atoms with Crippen LogP contribution in [-0.2, 0) is 16.2 Å². The highest BCUT2D eigenvalue weighted by Crippen LogP contribution is 2.35. The Hall–Kier alpha value is -0.900. The molecule has 1 aromatic carbocycles. The van der Waals surface area contributed by atoms with Crippen LogP contribution in [0.5, 0.6) is 0 Å². The third-order valence-electron chi connectivity index (χ3n) is 2.94. The molecule has 0 atom stereocenters. The van der Waals surface area contributed by atoms with Crippen molar-refractivity contribution in [2.75, 3.05) is 26.2 Å². The van der Waals surface area contributed by atoms with E-state index < -0.39 is 32.5 Å². The van der Waals surface area contributed by atoms with E-state index in [0.717, 1.165) is 4.31 Å². The Labute approximate surface area is 125 Å². The van der Waals surface area contributed by atoms with Gasteiger partial charge in [0.1, 0.15) is 5.82 Å². The number of halogens is 5. The van der Waals surface area contributed by atoms with Crippen LogP contribution in [0, 0.1) is 5.82 Å². The Morgan fingerprint density at radius 3 is 2.24 bits per heavy atom. The van der Waals surface area contributed by atoms with Crippen LogP contribution in [0.1, 0.15) is 5.56 Å². The predicted molar refractivity (Wildman–Crippen MR) is 70.3 cm³/mol. The molecule has 1 N–H and O–H groups in total. The molecule has 21 heavy (non-hydrogen) atoms. The molecule has 0 radical (unpaired) electrons. The maximum atomic E-state index is 13.0. The molecule has 0 amide bonds. The summed E-state index contributed by atoms with van der Waals surface area (Å²) in [7, 11) is -4.29. The van der Waals surface area contributed by atoms with Crippen molar-refractivity contribution in [2.45, 2.75) is 11.1 Å². The molecule has 1 saturated heterocycles. The zero-order chi connectivity index (χ0) is 15.0. The molecule has 1 aliphatic rings. The van der Waals surface area contributed by atoms with E-state index in [-0.39, 0.29) is 31.6 Å². The summed E-state index contributed by atoms with van der Waals surface area (Å²) in [5.74, 6) is -1.13. The fourth-order valence-corrected chi connectivity index (χ4v) is 3.61. The molecule has 1 heterocycles. The smallest absolute Gasteiger partial charge is 0.314 e. The van der Waals surface area contributed by atoms with Gasteiger partial charge in [0.25, 0.3) is 0 Å². The summed E-state index contributed by atoms with van der Waals surface area (Å²) >= 11 is 0. The Kier molecular flexibility index (Phi) is 5.59. The van der Waals surface area contributed by atoms with Gasteiger partial charge in [-0.1, -0.05) is 0 Å². The van der Waals surface area contributed by atoms with Crippen LogP contribution >= 0.6 is 12.4 Å². The molecule has 0 aliphatic carbocycles. The van der Waals surface area contributed by atoms with Crippen molar-refractivity contribution in [3.8, 4) is 0 Å². The third kappa shape index (κ3) is 3.85. The van der Waals surface area contributed by atoms with Crippen molar-refractivity contribution in [3.63, 3.8) is 0 Å². The molecule has 2 rings (SSSR count). The Morgan fingerprint density at radius 1 is 1.14 bits per heavy atom. The van der Waals surface area contributed by atoms with Crippen LogP contribution in [0.4, 0.5) is 17.6 Å². The number of rotatable bonds is 2. The maximum Gasteiger partial charge on any atom is 0.417 e. The second-order valence-corrected chi connectivity index (χ2v) is 6.20. The summed E-state index contributed by atoms with van der Waals surface area (Å²) in [5, 5.41) is 2.90. The van der Waals surface area contributed by atoms with Crippen molar-refractivity contribution in [1.82, 2.24) is 9.62 Å². The second-order valence-electron chi connectivity index (χ2n) is 4.29. The molecule has 120 valence electrons. The van der Waals surface area contributed by atoms with Crippen LogP contribution in [0.25, 0.3) is 0 Å². The highest BCUT2D eigenvalue weighted by Gasteiger charge is 2.39. The average Bonchev–Trinajstić information content (AvgIpc) is 2.38. The quantitative estimate of drug-likeness (QED) is 0.830. The lowest BCUT2D eigenvalue weighted by molar-refractivity contribution is -0.140. The minimum atomic E-state index is -4.93. The van der Waals surface area contributed by atoms with E-state index in [1.807, 2.05) is 0 Å². The summed E-state index contributed by atoms with van der Waals surface area (Å²) in [4.78, 5) is -0.909. The minimum absolute atomic E-state index is 0. The summed E-state index contributed by atoms with van der Waals surface area (Å²) in [5.41, 5.74) is -1.48. The van der Waals surface area contributed by atoms with Crippen LogP contribution in [0.2, 0.25) is 0 Å². The Balaban J connectivity index is 0.00000220. The number of benzene rings is 1. The van der Waals surface area contributed by atoms with Crippen LogP contribution < -0.4 is 5.32 Å². The fraction of sp³-hybridized carbons (Fsp3) is 0.455. The summed E-state index contributed by atoms with van der Waals surface area (Å²) in [6.07, 6.45) is -4.93. The SMILES string of the molecule is Cl.O=S(=O)(c1ccc(F)cc1C(F)(F)F)N1CCNCC1. The first-order valence-corrected chi connectivity index (χ1v) is 7.24. The third-order valence-corrected chi connectivity index (χ3v) is 4.90. The maximum absolute atomic E-state index is 13.0. The lowest BCUT2D eigenvalue weighted by atomic mass is 10.2. The molecular formula is C11H13ClF4N2O2S. The normalized spacial score (nSPS) is 17.3. The number of piperazine rings is 1. The first kappa shape index (κ1) is 18.1. The molecule has 0 unspecified atom stereocenters. The lowest BCUT2D eigenvalue weighted by Crippen LogP contribution is -2.46. The molecule has 0 spiro atoms. The van der Waals surface area contributed by atoms with Gasteiger partial charge < -0.3 is 5.32 Å². The van der Waals surface area contributed by atoms with Gasteiger partial charge in [0, 0.05) is 26.2 Å². The van der Waals surface area contributed by atoms with E-state index in [9.17, 15) is 26.0 Å². The highest BCUT2D eigenvalue weighted by molar-refractivity contribution is 7.89. The van der Waals surface area contributed by atoms with Gasteiger partial charge in [-0.05, 0) is 18.2 Å². The molecule has 1 aliphatic heterocycles. The van der Waals surface area contributed by atoms with E-state index in [1.165, 1.54) is 0 Å². The van der Waals surface area contributed by atoms with Gasteiger partial charge >= 0.3 is 6.18 Å². The zero-order valence-corrected chi connectivity index (χ0v) is 12.3. The largest absolute Gasteiger partial charge is 0.417 e. The van der Waals surface area contributed by atoms with Crippen molar-refractivity contribution in [2.24, 2.45) is 0 Å². The van der Waals surface area contributed by atoms with E-state index in [0.29, 0.717) is 25.2 Å². The van der Waals surface area contributed by atoms with E-state index in [4.69, 9.17) is 0 Å². The summed E-state index contributed by atoms with van der Waals surface area (Å²) in [6, 6.07) is 1.58. The highest BCUT2D eigenvalue weighted by atomic mass is 35.5. The Morgan fingerprint density at radius 2 is 1.71 bits per heavy atom. The number of alkyl halides is 3. The molecule has 0 aromatic heterocycles. The van der Waals surface area contributed by atoms with Gasteiger partial charge in [-0.2, -0.15) is 17.5 Å². The topological polar surface area (TPSA) is 49.4 Å². The van der Waals surface area contributed by atoms with E-state index in [2.05, 4.69) is 5.32 Å². The first-order valence-electron chi connectivity index (χ1n) is 5.80. The molecule has 0 bridgehead atoms. The number of sulfonamides is 1. The molecule has 1 fully saturated rings. The summed E-state index contributed by atoms with van der Waals surface area (Å²) < 4.78 is 77.0. The van der Waals surface area contributed by atoms with Gasteiger partial charge in [0.15, 0.2) is 0 Å². The Bertz CT molecular complexity index is 601. The van der Waals surface area contributed by atoms with Crippen LogP contribution in [0.3, 0.4) is 0 Å². The molecular weight excluding hydrogens is 336 g/mol. The zero-order valence-electron chi connectivity index (χ0n) is 10.7. The fourth-order valence-electron chi connectivity index (χ4n) is 1.97. The lowest BCUT2D eigenvalue weighted by Gasteiger charge is -2.27. The number of hydrogen-bond acceptors (Lipinski definition) is 3. The van der Waals surface area contributed by atoms with Gasteiger partial charge in [-0.3, -0.25) is 0 Å². The van der Waals surface area contributed by atoms with Gasteiger partial charge in [0.2, 0.25) is 10.0 Å². The number of nitrogens with zero attached hydrogens (tertiary/aromatic N) is 1. The van der Waals surface area contributed by atoms with Crippen molar-refractivity contribution < 1.29 is 26.0 Å². The average molecular weight is 349 g/mol. The molecule has 1 aromatic rings.